The Morgan fingerprint density at radius 2 is 2.07 bits per heavy atom. The number of hydrogen-bond acceptors (Lipinski definition) is 2. The molecule has 0 saturated heterocycles. The molecule has 72 valence electrons. The fourth-order valence-corrected chi connectivity index (χ4v) is 2.83. The van der Waals surface area contributed by atoms with Gasteiger partial charge in [0, 0.05) is 26.3 Å². The maximum atomic E-state index is 5.81. The third kappa shape index (κ3) is 2.01. The van der Waals surface area contributed by atoms with Gasteiger partial charge in [0.15, 0.2) is 0 Å². The van der Waals surface area contributed by atoms with Gasteiger partial charge < -0.3 is 0 Å². The molecule has 1 nitrogen and oxygen atoms in total. The van der Waals surface area contributed by atoms with Crippen molar-refractivity contribution in [1.29, 1.82) is 0 Å². The lowest BCUT2D eigenvalue weighted by Gasteiger charge is -2.03. The number of rotatable bonds is 1. The van der Waals surface area contributed by atoms with Crippen LogP contribution in [0.5, 0.6) is 0 Å². The number of hydrogen-bond donors (Lipinski definition) is 0. The molecule has 2 rings (SSSR count). The van der Waals surface area contributed by atoms with E-state index in [1.54, 1.807) is 6.20 Å². The Kier molecular flexibility index (Phi) is 3.22. The molecular formula is C9H4BrCl2NS. The lowest BCUT2D eigenvalue weighted by atomic mass is 10.2. The number of fused-ring (bicyclic) bond motifs is 1. The lowest BCUT2D eigenvalue weighted by Crippen LogP contribution is -1.80. The fraction of sp³-hybridized carbons (Fsp3) is 0. The molecule has 0 aliphatic carbocycles. The minimum atomic E-state index is 0.479. The molecule has 0 aliphatic heterocycles. The Bertz CT molecular complexity index is 489. The van der Waals surface area contributed by atoms with Crippen molar-refractivity contribution in [2.24, 2.45) is 0 Å². The Balaban J connectivity index is 2.81. The minimum absolute atomic E-state index is 0.479. The van der Waals surface area contributed by atoms with E-state index in [9.17, 15) is 0 Å². The molecule has 0 saturated carbocycles. The van der Waals surface area contributed by atoms with Gasteiger partial charge in [-0.15, -0.1) is 0 Å². The van der Waals surface area contributed by atoms with E-state index >= 15 is 0 Å². The molecule has 5 heteroatoms. The number of pyridine rings is 1. The molecule has 1 aromatic carbocycles. The van der Waals surface area contributed by atoms with Crippen LogP contribution in [0.15, 0.2) is 33.8 Å². The van der Waals surface area contributed by atoms with Gasteiger partial charge in [-0.1, -0.05) is 27.5 Å². The van der Waals surface area contributed by atoms with Gasteiger partial charge in [-0.05, 0) is 39.9 Å². The van der Waals surface area contributed by atoms with E-state index in [0.717, 1.165) is 20.1 Å². The van der Waals surface area contributed by atoms with Crippen LogP contribution in [0.1, 0.15) is 0 Å². The van der Waals surface area contributed by atoms with Gasteiger partial charge in [-0.2, -0.15) is 0 Å². The maximum Gasteiger partial charge on any atom is 0.129 e. The summed E-state index contributed by atoms with van der Waals surface area (Å²) in [5, 5.41) is 2.52. The normalized spacial score (nSPS) is 10.8. The molecule has 14 heavy (non-hydrogen) atoms. The Labute approximate surface area is 103 Å². The van der Waals surface area contributed by atoms with Gasteiger partial charge in [0.05, 0.1) is 0 Å². The highest BCUT2D eigenvalue weighted by molar-refractivity contribution is 9.10. The minimum Gasteiger partial charge on any atom is -0.244 e. The van der Waals surface area contributed by atoms with Crippen molar-refractivity contribution >= 4 is 60.0 Å². The van der Waals surface area contributed by atoms with Crippen LogP contribution >= 0.6 is 49.2 Å². The van der Waals surface area contributed by atoms with Gasteiger partial charge in [0.1, 0.15) is 5.15 Å². The van der Waals surface area contributed by atoms with Gasteiger partial charge >= 0.3 is 0 Å². The van der Waals surface area contributed by atoms with Crippen molar-refractivity contribution in [3.63, 3.8) is 0 Å². The van der Waals surface area contributed by atoms with E-state index in [0.29, 0.717) is 5.15 Å². The predicted molar refractivity (Wildman–Crippen MR) is 66.2 cm³/mol. The summed E-state index contributed by atoms with van der Waals surface area (Å²) in [4.78, 5) is 4.99. The molecule has 0 atom stereocenters. The van der Waals surface area contributed by atoms with Gasteiger partial charge in [-0.3, -0.25) is 0 Å². The molecule has 1 aromatic heterocycles. The summed E-state index contributed by atoms with van der Waals surface area (Å²) in [6.45, 7) is 0. The van der Waals surface area contributed by atoms with E-state index in [-0.39, 0.29) is 0 Å². The molecule has 0 radical (unpaired) electrons. The summed E-state index contributed by atoms with van der Waals surface area (Å²) in [7, 11) is 6.94. The number of aromatic nitrogens is 1. The summed E-state index contributed by atoms with van der Waals surface area (Å²) in [6.07, 6.45) is 1.74. The van der Waals surface area contributed by atoms with Crippen molar-refractivity contribution in [2.75, 3.05) is 0 Å². The monoisotopic (exact) mass is 307 g/mol. The van der Waals surface area contributed by atoms with E-state index in [4.69, 9.17) is 22.3 Å². The molecule has 0 fully saturated rings. The smallest absolute Gasteiger partial charge is 0.129 e. The van der Waals surface area contributed by atoms with Crippen LogP contribution in [0.25, 0.3) is 10.8 Å². The summed E-state index contributed by atoms with van der Waals surface area (Å²) < 4.78 is 0.984. The molecule has 1 heterocycles. The second-order valence-corrected chi connectivity index (χ2v) is 5.07. The molecule has 0 spiro atoms. The first-order chi connectivity index (χ1) is 6.70. The highest BCUT2D eigenvalue weighted by Crippen LogP contribution is 2.34. The summed E-state index contributed by atoms with van der Waals surface area (Å²) in [6, 6.07) is 5.75. The third-order valence-corrected chi connectivity index (χ3v) is 3.48. The second-order valence-electron chi connectivity index (χ2n) is 2.71. The molecule has 0 N–H and O–H groups in total. The highest BCUT2D eigenvalue weighted by atomic mass is 79.9. The molecule has 0 aliphatic rings. The van der Waals surface area contributed by atoms with Crippen molar-refractivity contribution in [3.05, 3.63) is 34.0 Å². The molecule has 2 aromatic rings. The maximum absolute atomic E-state index is 5.81. The van der Waals surface area contributed by atoms with Crippen molar-refractivity contribution in [3.8, 4) is 0 Å². The molecule has 0 amide bonds. The lowest BCUT2D eigenvalue weighted by molar-refractivity contribution is 1.35. The van der Waals surface area contributed by atoms with Crippen LogP contribution in [0.3, 0.4) is 0 Å². The van der Waals surface area contributed by atoms with Gasteiger partial charge in [-0.25, -0.2) is 4.98 Å². The van der Waals surface area contributed by atoms with Crippen molar-refractivity contribution in [1.82, 2.24) is 4.98 Å². The molecule has 0 bridgehead atoms. The van der Waals surface area contributed by atoms with Crippen LogP contribution in [-0.2, 0) is 0 Å². The van der Waals surface area contributed by atoms with Crippen LogP contribution in [0, 0.1) is 0 Å². The van der Waals surface area contributed by atoms with Gasteiger partial charge in [0.2, 0.25) is 0 Å². The quantitative estimate of drug-likeness (QED) is 0.695. The van der Waals surface area contributed by atoms with E-state index in [1.165, 1.54) is 11.0 Å². The second kappa shape index (κ2) is 4.27. The van der Waals surface area contributed by atoms with E-state index in [2.05, 4.69) is 20.9 Å². The zero-order valence-corrected chi connectivity index (χ0v) is 10.7. The summed E-state index contributed by atoms with van der Waals surface area (Å²) >= 11 is 9.22. The number of benzene rings is 1. The van der Waals surface area contributed by atoms with Crippen molar-refractivity contribution < 1.29 is 0 Å². The van der Waals surface area contributed by atoms with Gasteiger partial charge in [0.25, 0.3) is 0 Å². The van der Waals surface area contributed by atoms with Crippen LogP contribution in [0.2, 0.25) is 5.15 Å². The third-order valence-electron chi connectivity index (χ3n) is 1.81. The first-order valence-corrected chi connectivity index (χ1v) is 6.55. The van der Waals surface area contributed by atoms with Crippen LogP contribution in [-0.4, -0.2) is 4.98 Å². The van der Waals surface area contributed by atoms with Crippen LogP contribution < -0.4 is 0 Å². The Morgan fingerprint density at radius 1 is 1.29 bits per heavy atom. The average Bonchev–Trinajstić information content (AvgIpc) is 2.17. The SMILES string of the molecule is ClSc1cc(Br)cc2cnc(Cl)cc12. The van der Waals surface area contributed by atoms with Crippen LogP contribution in [0.4, 0.5) is 0 Å². The number of nitrogens with zero attached hydrogens (tertiary/aromatic N) is 1. The Hall–Kier alpha value is 0.0400. The molecule has 0 unspecified atom stereocenters. The first kappa shape index (κ1) is 10.6. The van der Waals surface area contributed by atoms with E-state index < -0.39 is 0 Å². The van der Waals surface area contributed by atoms with Crippen molar-refractivity contribution in [2.45, 2.75) is 4.90 Å². The predicted octanol–water partition coefficient (Wildman–Crippen LogP) is 4.90. The van der Waals surface area contributed by atoms with E-state index in [1.807, 2.05) is 18.2 Å². The zero-order valence-electron chi connectivity index (χ0n) is 6.80. The standard InChI is InChI=1S/C9H4BrCl2NS/c10-6-1-5-4-13-9(11)3-7(5)8(2-6)14-12/h1-4H. The Morgan fingerprint density at radius 3 is 2.79 bits per heavy atom. The number of halogens is 3. The first-order valence-electron chi connectivity index (χ1n) is 3.74. The zero-order chi connectivity index (χ0) is 10.1. The average molecular weight is 309 g/mol. The highest BCUT2D eigenvalue weighted by Gasteiger charge is 2.04. The topological polar surface area (TPSA) is 12.9 Å². The molecular weight excluding hydrogens is 305 g/mol. The largest absolute Gasteiger partial charge is 0.244 e. The summed E-state index contributed by atoms with van der Waals surface area (Å²) in [5.74, 6) is 0. The fourth-order valence-electron chi connectivity index (χ4n) is 1.23. The summed E-state index contributed by atoms with van der Waals surface area (Å²) in [5.41, 5.74) is 0.